The first kappa shape index (κ1) is 12.6. The van der Waals surface area contributed by atoms with Crippen LogP contribution in [0.2, 0.25) is 0 Å². The van der Waals surface area contributed by atoms with Crippen molar-refractivity contribution in [2.75, 3.05) is 5.32 Å². The molecule has 0 saturated heterocycles. The van der Waals surface area contributed by atoms with E-state index in [4.69, 9.17) is 0 Å². The highest BCUT2D eigenvalue weighted by atomic mass is 32.1. The molecule has 0 spiro atoms. The Morgan fingerprint density at radius 3 is 2.82 bits per heavy atom. The fourth-order valence-electron chi connectivity index (χ4n) is 1.88. The molecule has 2 rings (SSSR count). The van der Waals surface area contributed by atoms with Gasteiger partial charge in [0.05, 0.1) is 5.69 Å². The van der Waals surface area contributed by atoms with Crippen LogP contribution < -0.4 is 5.32 Å². The number of nitrogens with one attached hydrogen (secondary N) is 1. The van der Waals surface area contributed by atoms with Gasteiger partial charge in [-0.2, -0.15) is 0 Å². The number of carbonyl (C=O) groups is 1. The van der Waals surface area contributed by atoms with Gasteiger partial charge in [-0.3, -0.25) is 4.79 Å². The van der Waals surface area contributed by atoms with Gasteiger partial charge in [-0.15, -0.1) is 11.3 Å². The van der Waals surface area contributed by atoms with E-state index in [1.54, 1.807) is 11.3 Å². The number of hydrogen-bond acceptors (Lipinski definition) is 3. The second-order valence-electron chi connectivity index (χ2n) is 5.94. The zero-order valence-corrected chi connectivity index (χ0v) is 11.8. The summed E-state index contributed by atoms with van der Waals surface area (Å²) < 4.78 is 0. The molecule has 1 aromatic rings. The fraction of sp³-hybridized carbons (Fsp3) is 0.692. The Morgan fingerprint density at radius 1 is 1.47 bits per heavy atom. The quantitative estimate of drug-likeness (QED) is 0.833. The number of nitrogens with zero attached hydrogens (tertiary/aromatic N) is 1. The molecule has 0 fully saturated rings. The third-order valence-corrected chi connectivity index (χ3v) is 4.12. The summed E-state index contributed by atoms with van der Waals surface area (Å²) in [6.07, 6.45) is 3.38. The number of thiazole rings is 1. The largest absolute Gasteiger partial charge is 0.302 e. The maximum absolute atomic E-state index is 11.9. The Kier molecular flexibility index (Phi) is 3.25. The van der Waals surface area contributed by atoms with Crippen LogP contribution in [-0.4, -0.2) is 10.9 Å². The number of anilines is 1. The Morgan fingerprint density at radius 2 is 2.18 bits per heavy atom. The molecular weight excluding hydrogens is 232 g/mol. The molecule has 1 aliphatic carbocycles. The smallest absolute Gasteiger partial charge is 0.231 e. The van der Waals surface area contributed by atoms with Crippen LogP contribution in [0.3, 0.4) is 0 Å². The first-order valence-corrected chi connectivity index (χ1v) is 6.98. The molecule has 1 aromatic heterocycles. The third-order valence-electron chi connectivity index (χ3n) is 3.09. The van der Waals surface area contributed by atoms with Gasteiger partial charge in [0.2, 0.25) is 5.91 Å². The SMILES string of the molecule is CC1CCc2nc(NC(=O)C(C)(C)C)sc2C1. The number of aromatic nitrogens is 1. The van der Waals surface area contributed by atoms with E-state index >= 15 is 0 Å². The van der Waals surface area contributed by atoms with E-state index in [-0.39, 0.29) is 11.3 Å². The van der Waals surface area contributed by atoms with E-state index in [0.29, 0.717) is 0 Å². The van der Waals surface area contributed by atoms with Gasteiger partial charge in [-0.1, -0.05) is 27.7 Å². The minimum Gasteiger partial charge on any atom is -0.302 e. The van der Waals surface area contributed by atoms with Crippen LogP contribution in [0.5, 0.6) is 0 Å². The van der Waals surface area contributed by atoms with Gasteiger partial charge < -0.3 is 5.32 Å². The first-order chi connectivity index (χ1) is 7.86. The predicted molar refractivity (Wildman–Crippen MR) is 71.4 cm³/mol. The Hall–Kier alpha value is -0.900. The Bertz CT molecular complexity index is 431. The van der Waals surface area contributed by atoms with Gasteiger partial charge in [-0.25, -0.2) is 4.98 Å². The van der Waals surface area contributed by atoms with Crippen molar-refractivity contribution in [3.05, 3.63) is 10.6 Å². The normalized spacial score (nSPS) is 19.9. The van der Waals surface area contributed by atoms with Gasteiger partial charge >= 0.3 is 0 Å². The first-order valence-electron chi connectivity index (χ1n) is 6.16. The molecule has 1 N–H and O–H groups in total. The van der Waals surface area contributed by atoms with Crippen LogP contribution >= 0.6 is 11.3 Å². The number of hydrogen-bond donors (Lipinski definition) is 1. The second-order valence-corrected chi connectivity index (χ2v) is 7.02. The lowest BCUT2D eigenvalue weighted by Crippen LogP contribution is -2.27. The number of fused-ring (bicyclic) bond motifs is 1. The lowest BCUT2D eigenvalue weighted by Gasteiger charge is -2.15. The van der Waals surface area contributed by atoms with Gasteiger partial charge in [0.15, 0.2) is 5.13 Å². The highest BCUT2D eigenvalue weighted by Crippen LogP contribution is 2.32. The lowest BCUT2D eigenvalue weighted by molar-refractivity contribution is -0.123. The molecule has 17 heavy (non-hydrogen) atoms. The van der Waals surface area contributed by atoms with Crippen LogP contribution in [0.4, 0.5) is 5.13 Å². The van der Waals surface area contributed by atoms with Crippen molar-refractivity contribution in [1.82, 2.24) is 4.98 Å². The molecule has 0 aromatic carbocycles. The molecule has 1 amide bonds. The molecule has 0 radical (unpaired) electrons. The highest BCUT2D eigenvalue weighted by molar-refractivity contribution is 7.15. The summed E-state index contributed by atoms with van der Waals surface area (Å²) in [5, 5.41) is 3.69. The van der Waals surface area contributed by atoms with E-state index < -0.39 is 0 Å². The molecule has 94 valence electrons. The van der Waals surface area contributed by atoms with Crippen molar-refractivity contribution in [1.29, 1.82) is 0 Å². The maximum atomic E-state index is 11.9. The minimum atomic E-state index is -0.362. The van der Waals surface area contributed by atoms with E-state index in [1.165, 1.54) is 17.0 Å². The van der Waals surface area contributed by atoms with Crippen LogP contribution in [0.15, 0.2) is 0 Å². The van der Waals surface area contributed by atoms with E-state index in [9.17, 15) is 4.79 Å². The Balaban J connectivity index is 2.11. The molecule has 1 heterocycles. The van der Waals surface area contributed by atoms with Crippen LogP contribution in [-0.2, 0) is 17.6 Å². The zero-order chi connectivity index (χ0) is 12.6. The lowest BCUT2D eigenvalue weighted by atomic mass is 9.93. The molecule has 4 heteroatoms. The van der Waals surface area contributed by atoms with Gasteiger partial charge in [0.25, 0.3) is 0 Å². The van der Waals surface area contributed by atoms with E-state index in [0.717, 1.165) is 23.9 Å². The standard InChI is InChI=1S/C13H20N2OS/c1-8-5-6-9-10(7-8)17-12(14-9)15-11(16)13(2,3)4/h8H,5-7H2,1-4H3,(H,14,15,16). The summed E-state index contributed by atoms with van der Waals surface area (Å²) in [7, 11) is 0. The van der Waals surface area contributed by atoms with Crippen molar-refractivity contribution in [2.24, 2.45) is 11.3 Å². The van der Waals surface area contributed by atoms with Crippen LogP contribution in [0, 0.1) is 11.3 Å². The summed E-state index contributed by atoms with van der Waals surface area (Å²) in [6.45, 7) is 8.02. The predicted octanol–water partition coefficient (Wildman–Crippen LogP) is 3.25. The van der Waals surface area contributed by atoms with E-state index in [1.807, 2.05) is 20.8 Å². The molecule has 1 unspecified atom stereocenters. The number of aryl methyl sites for hydroxylation is 1. The van der Waals surface area contributed by atoms with Crippen LogP contribution in [0.25, 0.3) is 0 Å². The molecule has 0 saturated carbocycles. The molecular formula is C13H20N2OS. The van der Waals surface area contributed by atoms with E-state index in [2.05, 4.69) is 17.2 Å². The summed E-state index contributed by atoms with van der Waals surface area (Å²) in [5.41, 5.74) is 0.830. The van der Waals surface area contributed by atoms with Crippen molar-refractivity contribution in [3.63, 3.8) is 0 Å². The summed E-state index contributed by atoms with van der Waals surface area (Å²) >= 11 is 1.64. The number of rotatable bonds is 1. The third kappa shape index (κ3) is 2.86. The zero-order valence-electron chi connectivity index (χ0n) is 11.0. The molecule has 1 aliphatic rings. The minimum absolute atomic E-state index is 0.0386. The summed E-state index contributed by atoms with van der Waals surface area (Å²) in [6, 6.07) is 0. The molecule has 0 bridgehead atoms. The van der Waals surface area contributed by atoms with Crippen molar-refractivity contribution in [3.8, 4) is 0 Å². The second kappa shape index (κ2) is 4.41. The average molecular weight is 252 g/mol. The summed E-state index contributed by atoms with van der Waals surface area (Å²) in [4.78, 5) is 17.7. The molecule has 1 atom stereocenters. The topological polar surface area (TPSA) is 42.0 Å². The molecule has 0 aliphatic heterocycles. The van der Waals surface area contributed by atoms with Crippen molar-refractivity contribution < 1.29 is 4.79 Å². The van der Waals surface area contributed by atoms with Gasteiger partial charge in [-0.05, 0) is 25.2 Å². The van der Waals surface area contributed by atoms with Gasteiger partial charge in [0, 0.05) is 10.3 Å². The number of amides is 1. The Labute approximate surface area is 107 Å². The van der Waals surface area contributed by atoms with Crippen molar-refractivity contribution >= 4 is 22.4 Å². The average Bonchev–Trinajstić information content (AvgIpc) is 2.57. The van der Waals surface area contributed by atoms with Crippen LogP contribution in [0.1, 0.15) is 44.7 Å². The summed E-state index contributed by atoms with van der Waals surface area (Å²) in [5.74, 6) is 0.783. The monoisotopic (exact) mass is 252 g/mol. The number of carbonyl (C=O) groups excluding carboxylic acids is 1. The highest BCUT2D eigenvalue weighted by Gasteiger charge is 2.24. The van der Waals surface area contributed by atoms with Crippen molar-refractivity contribution in [2.45, 2.75) is 47.0 Å². The maximum Gasteiger partial charge on any atom is 0.231 e. The van der Waals surface area contributed by atoms with Gasteiger partial charge in [0.1, 0.15) is 0 Å². The molecule has 3 nitrogen and oxygen atoms in total. The fourth-order valence-corrected chi connectivity index (χ4v) is 3.04.